The van der Waals surface area contributed by atoms with Gasteiger partial charge in [0.1, 0.15) is 0 Å². The topological polar surface area (TPSA) is 35.2 Å². The van der Waals surface area contributed by atoms with Crippen molar-refractivity contribution in [2.75, 3.05) is 13.7 Å². The van der Waals surface area contributed by atoms with Crippen molar-refractivity contribution in [3.8, 4) is 0 Å². The summed E-state index contributed by atoms with van der Waals surface area (Å²) in [5.41, 5.74) is 6.67. The molecule has 2 N–H and O–H groups in total. The summed E-state index contributed by atoms with van der Waals surface area (Å²) in [4.78, 5) is 0. The fourth-order valence-corrected chi connectivity index (χ4v) is 4.84. The minimum atomic E-state index is 0. The van der Waals surface area contributed by atoms with E-state index in [0.717, 1.165) is 18.4 Å². The number of hydrogen-bond donors (Lipinski definition) is 1. The molecule has 2 nitrogen and oxygen atoms in total. The zero-order valence-corrected chi connectivity index (χ0v) is 10.3. The van der Waals surface area contributed by atoms with Gasteiger partial charge in [0.25, 0.3) is 0 Å². The van der Waals surface area contributed by atoms with Gasteiger partial charge in [-0.1, -0.05) is 0 Å². The first kappa shape index (κ1) is 11.7. The Labute approximate surface area is 98.3 Å². The monoisotopic (exact) mass is 231 g/mol. The van der Waals surface area contributed by atoms with Crippen LogP contribution in [0.1, 0.15) is 38.5 Å². The van der Waals surface area contributed by atoms with Gasteiger partial charge >= 0.3 is 0 Å². The van der Waals surface area contributed by atoms with Crippen LogP contribution in [0.25, 0.3) is 0 Å². The van der Waals surface area contributed by atoms with Gasteiger partial charge in [0.2, 0.25) is 0 Å². The predicted molar refractivity (Wildman–Crippen MR) is 63.2 cm³/mol. The van der Waals surface area contributed by atoms with Crippen LogP contribution in [0, 0.1) is 17.3 Å². The summed E-state index contributed by atoms with van der Waals surface area (Å²) < 4.78 is 5.82. The summed E-state index contributed by atoms with van der Waals surface area (Å²) in [6, 6.07) is 0. The Morgan fingerprint density at radius 2 is 1.80 bits per heavy atom. The SMILES string of the molecule is COC12CC3CC(CC(CN)(C3)C1)C2.Cl. The van der Waals surface area contributed by atoms with Crippen LogP contribution in [-0.2, 0) is 4.74 Å². The van der Waals surface area contributed by atoms with Gasteiger partial charge in [-0.25, -0.2) is 0 Å². The highest BCUT2D eigenvalue weighted by atomic mass is 35.5. The molecular weight excluding hydrogens is 210 g/mol. The van der Waals surface area contributed by atoms with Gasteiger partial charge in [-0.3, -0.25) is 0 Å². The molecule has 4 bridgehead atoms. The Hall–Kier alpha value is 0.210. The molecule has 0 aromatic carbocycles. The molecule has 4 saturated carbocycles. The Bertz CT molecular complexity index is 220. The number of ether oxygens (including phenoxy) is 1. The lowest BCUT2D eigenvalue weighted by Crippen LogP contribution is -2.58. The maximum Gasteiger partial charge on any atom is 0.0689 e. The summed E-state index contributed by atoms with van der Waals surface area (Å²) in [5, 5.41) is 0. The molecular formula is C12H22ClNO. The predicted octanol–water partition coefficient (Wildman–Crippen LogP) is 2.35. The second kappa shape index (κ2) is 3.61. The summed E-state index contributed by atoms with van der Waals surface area (Å²) in [5.74, 6) is 1.83. The average Bonchev–Trinajstić information content (AvgIpc) is 2.16. The molecule has 4 rings (SSSR count). The van der Waals surface area contributed by atoms with Crippen molar-refractivity contribution in [2.24, 2.45) is 23.0 Å². The van der Waals surface area contributed by atoms with Gasteiger partial charge in [-0.15, -0.1) is 12.4 Å². The first-order valence-corrected chi connectivity index (χ1v) is 5.94. The van der Waals surface area contributed by atoms with Crippen LogP contribution in [0.5, 0.6) is 0 Å². The number of rotatable bonds is 2. The van der Waals surface area contributed by atoms with Crippen LogP contribution >= 0.6 is 12.4 Å². The lowest BCUT2D eigenvalue weighted by Gasteiger charge is -2.61. The molecule has 0 aromatic heterocycles. The number of methoxy groups -OCH3 is 1. The molecule has 2 atom stereocenters. The van der Waals surface area contributed by atoms with E-state index in [1.54, 1.807) is 0 Å². The first-order valence-electron chi connectivity index (χ1n) is 5.94. The largest absolute Gasteiger partial charge is 0.378 e. The van der Waals surface area contributed by atoms with Crippen molar-refractivity contribution in [2.45, 2.75) is 44.1 Å². The quantitative estimate of drug-likeness (QED) is 0.792. The molecule has 4 fully saturated rings. The minimum Gasteiger partial charge on any atom is -0.378 e. The number of nitrogens with two attached hydrogens (primary N) is 1. The molecule has 88 valence electrons. The normalized spacial score (nSPS) is 51.6. The lowest BCUT2D eigenvalue weighted by atomic mass is 9.48. The van der Waals surface area contributed by atoms with Crippen LogP contribution in [0.2, 0.25) is 0 Å². The molecule has 3 heteroatoms. The third kappa shape index (κ3) is 1.62. The van der Waals surface area contributed by atoms with Crippen molar-refractivity contribution in [1.82, 2.24) is 0 Å². The average molecular weight is 232 g/mol. The fourth-order valence-electron chi connectivity index (χ4n) is 4.84. The maximum atomic E-state index is 5.99. The molecule has 4 aliphatic rings. The molecule has 0 spiro atoms. The molecule has 2 unspecified atom stereocenters. The van der Waals surface area contributed by atoms with Crippen molar-refractivity contribution in [1.29, 1.82) is 0 Å². The fraction of sp³-hybridized carbons (Fsp3) is 1.00. The summed E-state index contributed by atoms with van der Waals surface area (Å²) in [7, 11) is 1.90. The Balaban J connectivity index is 0.000000853. The highest BCUT2D eigenvalue weighted by Crippen LogP contribution is 2.62. The molecule has 0 saturated heterocycles. The molecule has 0 aliphatic heterocycles. The van der Waals surface area contributed by atoms with Crippen LogP contribution < -0.4 is 5.73 Å². The minimum absolute atomic E-state index is 0. The van der Waals surface area contributed by atoms with Crippen molar-refractivity contribution in [3.63, 3.8) is 0 Å². The van der Waals surface area contributed by atoms with Gasteiger partial charge in [-0.2, -0.15) is 0 Å². The van der Waals surface area contributed by atoms with E-state index in [1.165, 1.54) is 38.5 Å². The van der Waals surface area contributed by atoms with Crippen LogP contribution in [0.15, 0.2) is 0 Å². The molecule has 0 aromatic rings. The van der Waals surface area contributed by atoms with E-state index in [0.29, 0.717) is 5.41 Å². The first-order chi connectivity index (χ1) is 6.69. The third-order valence-corrected chi connectivity index (χ3v) is 4.99. The Kier molecular flexibility index (Phi) is 2.81. The lowest BCUT2D eigenvalue weighted by molar-refractivity contribution is -0.176. The Morgan fingerprint density at radius 3 is 2.27 bits per heavy atom. The number of halogens is 1. The van der Waals surface area contributed by atoms with Gasteiger partial charge in [0.05, 0.1) is 5.60 Å². The third-order valence-electron chi connectivity index (χ3n) is 4.99. The zero-order valence-electron chi connectivity index (χ0n) is 9.50. The van der Waals surface area contributed by atoms with E-state index < -0.39 is 0 Å². The van der Waals surface area contributed by atoms with Gasteiger partial charge < -0.3 is 10.5 Å². The summed E-state index contributed by atoms with van der Waals surface area (Å²) >= 11 is 0. The molecule has 0 heterocycles. The molecule has 0 radical (unpaired) electrons. The van der Waals surface area contributed by atoms with Gasteiger partial charge in [0.15, 0.2) is 0 Å². The highest BCUT2D eigenvalue weighted by molar-refractivity contribution is 5.85. The smallest absolute Gasteiger partial charge is 0.0689 e. The Morgan fingerprint density at radius 1 is 1.20 bits per heavy atom. The highest BCUT2D eigenvalue weighted by Gasteiger charge is 2.57. The van der Waals surface area contributed by atoms with Crippen LogP contribution in [-0.4, -0.2) is 19.3 Å². The number of hydrogen-bond acceptors (Lipinski definition) is 2. The van der Waals surface area contributed by atoms with E-state index in [4.69, 9.17) is 10.5 Å². The van der Waals surface area contributed by atoms with E-state index in [2.05, 4.69) is 0 Å². The van der Waals surface area contributed by atoms with E-state index >= 15 is 0 Å². The summed E-state index contributed by atoms with van der Waals surface area (Å²) in [6.45, 7) is 0.880. The molecule has 4 aliphatic carbocycles. The van der Waals surface area contributed by atoms with E-state index in [9.17, 15) is 0 Å². The van der Waals surface area contributed by atoms with Crippen molar-refractivity contribution in [3.05, 3.63) is 0 Å². The molecule has 0 amide bonds. The standard InChI is InChI=1S/C12H21NO.ClH/c1-14-12-5-9-2-10(6-12)4-11(3-9,7-12)8-13;/h9-10H,2-8,13H2,1H3;1H. The maximum absolute atomic E-state index is 5.99. The van der Waals surface area contributed by atoms with Crippen molar-refractivity contribution < 1.29 is 4.74 Å². The van der Waals surface area contributed by atoms with Crippen LogP contribution in [0.3, 0.4) is 0 Å². The van der Waals surface area contributed by atoms with Gasteiger partial charge in [-0.05, 0) is 62.3 Å². The second-order valence-corrected chi connectivity index (χ2v) is 6.05. The second-order valence-electron chi connectivity index (χ2n) is 6.05. The zero-order chi connectivity index (χ0) is 9.81. The van der Waals surface area contributed by atoms with Crippen molar-refractivity contribution >= 4 is 12.4 Å². The van der Waals surface area contributed by atoms with Gasteiger partial charge in [0, 0.05) is 7.11 Å². The summed E-state index contributed by atoms with van der Waals surface area (Å²) in [6.07, 6.45) is 8.06. The van der Waals surface area contributed by atoms with E-state index in [1.807, 2.05) is 7.11 Å². The molecule has 15 heavy (non-hydrogen) atoms. The van der Waals surface area contributed by atoms with Crippen LogP contribution in [0.4, 0.5) is 0 Å². The van der Waals surface area contributed by atoms with E-state index in [-0.39, 0.29) is 18.0 Å².